The van der Waals surface area contributed by atoms with Gasteiger partial charge in [0.15, 0.2) is 0 Å². The van der Waals surface area contributed by atoms with Gasteiger partial charge in [0.1, 0.15) is 5.69 Å². The summed E-state index contributed by atoms with van der Waals surface area (Å²) in [6.07, 6.45) is -4.55. The van der Waals surface area contributed by atoms with Crippen LogP contribution in [-0.4, -0.2) is 20.9 Å². The van der Waals surface area contributed by atoms with Gasteiger partial charge in [-0.2, -0.15) is 18.3 Å². The summed E-state index contributed by atoms with van der Waals surface area (Å²) >= 11 is 0. The highest BCUT2D eigenvalue weighted by molar-refractivity contribution is 5.81. The molecule has 2 rings (SSSR count). The summed E-state index contributed by atoms with van der Waals surface area (Å²) in [7, 11) is 0. The first-order valence-electron chi connectivity index (χ1n) is 6.99. The van der Waals surface area contributed by atoms with E-state index >= 15 is 0 Å². The summed E-state index contributed by atoms with van der Waals surface area (Å²) in [5.74, 6) is -1.23. The largest absolute Gasteiger partial charge is 0.481 e. The molecule has 23 heavy (non-hydrogen) atoms. The Morgan fingerprint density at radius 1 is 1.39 bits per heavy atom. The van der Waals surface area contributed by atoms with Crippen molar-refractivity contribution in [1.82, 2.24) is 9.78 Å². The van der Waals surface area contributed by atoms with Gasteiger partial charge in [-0.25, -0.2) is 0 Å². The van der Waals surface area contributed by atoms with Gasteiger partial charge in [-0.1, -0.05) is 6.92 Å². The van der Waals surface area contributed by atoms with Gasteiger partial charge in [0.05, 0.1) is 17.5 Å². The van der Waals surface area contributed by atoms with Gasteiger partial charge in [-0.15, -0.1) is 0 Å². The number of alkyl halides is 3. The van der Waals surface area contributed by atoms with Crippen molar-refractivity contribution in [3.8, 4) is 0 Å². The normalized spacial score (nSPS) is 13.3. The molecule has 1 aromatic carbocycles. The number of carboxylic acids is 1. The molecule has 124 valence electrons. The van der Waals surface area contributed by atoms with E-state index in [-0.39, 0.29) is 22.6 Å². The highest BCUT2D eigenvalue weighted by atomic mass is 19.4. The lowest BCUT2D eigenvalue weighted by Crippen LogP contribution is -2.23. The fraction of sp³-hybridized carbons (Fsp3) is 0.400. The molecule has 2 aromatic rings. The first-order chi connectivity index (χ1) is 10.6. The molecule has 1 N–H and O–H groups in total. The lowest BCUT2D eigenvalue weighted by atomic mass is 10.1. The van der Waals surface area contributed by atoms with Crippen LogP contribution in [0.2, 0.25) is 0 Å². The molecule has 5 nitrogen and oxygen atoms in total. The molecule has 0 saturated heterocycles. The van der Waals surface area contributed by atoms with E-state index in [1.807, 2.05) is 6.92 Å². The summed E-state index contributed by atoms with van der Waals surface area (Å²) in [5, 5.41) is 12.9. The number of rotatable bonds is 4. The SMILES string of the molecule is CCC(C)n1nc(CC(=O)O)c(=O)c2ccc(C(F)(F)F)cc21. The number of hydrogen-bond acceptors (Lipinski definition) is 3. The Labute approximate surface area is 129 Å². The first kappa shape index (κ1) is 17.0. The molecule has 0 aliphatic heterocycles. The van der Waals surface area contributed by atoms with Crippen LogP contribution in [0.25, 0.3) is 10.9 Å². The third-order valence-corrected chi connectivity index (χ3v) is 3.63. The second kappa shape index (κ2) is 6.02. The van der Waals surface area contributed by atoms with Crippen molar-refractivity contribution in [2.24, 2.45) is 0 Å². The van der Waals surface area contributed by atoms with Crippen LogP contribution in [0.4, 0.5) is 13.2 Å². The van der Waals surface area contributed by atoms with Gasteiger partial charge in [-0.3, -0.25) is 14.3 Å². The van der Waals surface area contributed by atoms with E-state index in [4.69, 9.17) is 5.11 Å². The summed E-state index contributed by atoms with van der Waals surface area (Å²) in [6.45, 7) is 3.56. The fourth-order valence-electron chi connectivity index (χ4n) is 2.24. The van der Waals surface area contributed by atoms with Crippen LogP contribution in [0.15, 0.2) is 23.0 Å². The number of fused-ring (bicyclic) bond motifs is 1. The topological polar surface area (TPSA) is 72.2 Å². The molecule has 1 atom stereocenters. The zero-order valence-electron chi connectivity index (χ0n) is 12.5. The van der Waals surface area contributed by atoms with Crippen molar-refractivity contribution in [2.75, 3.05) is 0 Å². The van der Waals surface area contributed by atoms with Gasteiger partial charge < -0.3 is 5.11 Å². The molecule has 0 amide bonds. The van der Waals surface area contributed by atoms with Crippen LogP contribution in [-0.2, 0) is 17.4 Å². The average Bonchev–Trinajstić information content (AvgIpc) is 2.47. The highest BCUT2D eigenvalue weighted by Crippen LogP contribution is 2.31. The number of nitrogens with zero attached hydrogens (tertiary/aromatic N) is 2. The fourth-order valence-corrected chi connectivity index (χ4v) is 2.24. The molecule has 8 heteroatoms. The van der Waals surface area contributed by atoms with E-state index in [1.54, 1.807) is 6.92 Å². The highest BCUT2D eigenvalue weighted by Gasteiger charge is 2.31. The molecule has 0 aliphatic carbocycles. The standard InChI is InChI=1S/C15H15F3N2O3/c1-3-8(2)20-12-6-9(15(16,17)18)4-5-10(12)14(23)11(19-20)7-13(21)22/h4-6,8H,3,7H2,1-2H3,(H,21,22). The van der Waals surface area contributed by atoms with Crippen LogP contribution in [0.5, 0.6) is 0 Å². The van der Waals surface area contributed by atoms with Crippen LogP contribution in [0, 0.1) is 0 Å². The minimum absolute atomic E-state index is 0.0320. The van der Waals surface area contributed by atoms with E-state index in [1.165, 1.54) is 4.68 Å². The number of benzene rings is 1. The molecule has 1 aromatic heterocycles. The third-order valence-electron chi connectivity index (χ3n) is 3.63. The lowest BCUT2D eigenvalue weighted by molar-refractivity contribution is -0.138. The summed E-state index contributed by atoms with van der Waals surface area (Å²) in [6, 6.07) is 2.48. The monoisotopic (exact) mass is 328 g/mol. The lowest BCUT2D eigenvalue weighted by Gasteiger charge is -2.18. The molecule has 0 aliphatic rings. The predicted octanol–water partition coefficient (Wildman–Crippen LogP) is 3.01. The Bertz CT molecular complexity index is 812. The predicted molar refractivity (Wildman–Crippen MR) is 77.3 cm³/mol. The molecule has 0 radical (unpaired) electrons. The van der Waals surface area contributed by atoms with Crippen LogP contribution in [0.1, 0.15) is 37.6 Å². The van der Waals surface area contributed by atoms with Crippen molar-refractivity contribution in [3.05, 3.63) is 39.7 Å². The quantitative estimate of drug-likeness (QED) is 0.936. The minimum atomic E-state index is -4.54. The molecule has 1 unspecified atom stereocenters. The van der Waals surface area contributed by atoms with Gasteiger partial charge in [0, 0.05) is 11.4 Å². The third kappa shape index (κ3) is 3.35. The van der Waals surface area contributed by atoms with E-state index in [2.05, 4.69) is 5.10 Å². The van der Waals surface area contributed by atoms with Crippen molar-refractivity contribution in [3.63, 3.8) is 0 Å². The van der Waals surface area contributed by atoms with E-state index in [9.17, 15) is 22.8 Å². The molecule has 1 heterocycles. The van der Waals surface area contributed by atoms with E-state index in [0.717, 1.165) is 18.2 Å². The zero-order chi connectivity index (χ0) is 17.4. The van der Waals surface area contributed by atoms with Crippen molar-refractivity contribution in [1.29, 1.82) is 0 Å². The summed E-state index contributed by atoms with van der Waals surface area (Å²) in [4.78, 5) is 23.1. The Morgan fingerprint density at radius 2 is 2.04 bits per heavy atom. The summed E-state index contributed by atoms with van der Waals surface area (Å²) in [5.41, 5.74) is -1.68. The maximum absolute atomic E-state index is 12.9. The molecular weight excluding hydrogens is 313 g/mol. The summed E-state index contributed by atoms with van der Waals surface area (Å²) < 4.78 is 40.0. The average molecular weight is 328 g/mol. The number of aromatic nitrogens is 2. The maximum atomic E-state index is 12.9. The second-order valence-electron chi connectivity index (χ2n) is 5.28. The Hall–Kier alpha value is -2.38. The van der Waals surface area contributed by atoms with Gasteiger partial charge in [0.25, 0.3) is 0 Å². The Morgan fingerprint density at radius 3 is 2.57 bits per heavy atom. The van der Waals surface area contributed by atoms with Crippen LogP contribution < -0.4 is 5.43 Å². The Balaban J connectivity index is 2.82. The van der Waals surface area contributed by atoms with Crippen LogP contribution in [0.3, 0.4) is 0 Å². The van der Waals surface area contributed by atoms with Crippen molar-refractivity contribution in [2.45, 2.75) is 38.9 Å². The van der Waals surface area contributed by atoms with E-state index < -0.39 is 29.6 Å². The molecule has 0 spiro atoms. The van der Waals surface area contributed by atoms with Crippen molar-refractivity contribution >= 4 is 16.9 Å². The number of carbonyl (C=O) groups is 1. The van der Waals surface area contributed by atoms with Gasteiger partial charge >= 0.3 is 12.1 Å². The maximum Gasteiger partial charge on any atom is 0.416 e. The number of halogens is 3. The minimum Gasteiger partial charge on any atom is -0.481 e. The molecule has 0 fully saturated rings. The molecule has 0 saturated carbocycles. The van der Waals surface area contributed by atoms with Gasteiger partial charge in [-0.05, 0) is 31.5 Å². The van der Waals surface area contributed by atoms with Gasteiger partial charge in [0.2, 0.25) is 5.43 Å². The zero-order valence-corrected chi connectivity index (χ0v) is 12.5. The number of carboxylic acid groups (broad SMARTS) is 1. The number of hydrogen-bond donors (Lipinski definition) is 1. The smallest absolute Gasteiger partial charge is 0.416 e. The number of aliphatic carboxylic acids is 1. The Kier molecular flexibility index (Phi) is 4.44. The molecular formula is C15H15F3N2O3. The second-order valence-corrected chi connectivity index (χ2v) is 5.28. The molecule has 0 bridgehead atoms. The first-order valence-corrected chi connectivity index (χ1v) is 6.99. The van der Waals surface area contributed by atoms with Crippen molar-refractivity contribution < 1.29 is 23.1 Å². The van der Waals surface area contributed by atoms with E-state index in [0.29, 0.717) is 6.42 Å². The van der Waals surface area contributed by atoms with Crippen LogP contribution >= 0.6 is 0 Å².